The Morgan fingerprint density at radius 2 is 2.14 bits per heavy atom. The molecule has 0 saturated carbocycles. The molecule has 0 spiro atoms. The zero-order chi connectivity index (χ0) is 10.3. The molecule has 1 heterocycles. The Morgan fingerprint density at radius 3 is 2.79 bits per heavy atom. The number of hydrogen-bond donors (Lipinski definition) is 1. The van der Waals surface area contributed by atoms with Gasteiger partial charge in [0.05, 0.1) is 5.56 Å². The second-order valence-electron chi connectivity index (χ2n) is 3.40. The van der Waals surface area contributed by atoms with Crippen LogP contribution in [0.3, 0.4) is 0 Å². The Balaban J connectivity index is 2.45. The van der Waals surface area contributed by atoms with Crippen LogP contribution in [0, 0.1) is 0 Å². The molecule has 1 aromatic rings. The molecule has 5 heteroatoms. The van der Waals surface area contributed by atoms with Crippen LogP contribution in [0.25, 0.3) is 0 Å². The maximum Gasteiger partial charge on any atom is 0.417 e. The third-order valence-corrected chi connectivity index (χ3v) is 2.42. The SMILES string of the molecule is N[C@@H]1CCc2ncc(C(F)(F)F)cc21. The predicted octanol–water partition coefficient (Wildman–Crippen LogP) is 2.05. The molecule has 0 amide bonds. The molecule has 0 aromatic carbocycles. The minimum atomic E-state index is -4.33. The minimum absolute atomic E-state index is 0.292. The number of fused-ring (bicyclic) bond motifs is 1. The Morgan fingerprint density at radius 1 is 1.43 bits per heavy atom. The van der Waals surface area contributed by atoms with E-state index in [9.17, 15) is 13.2 Å². The number of nitrogens with zero attached hydrogens (tertiary/aromatic N) is 1. The first-order valence-corrected chi connectivity index (χ1v) is 4.30. The smallest absolute Gasteiger partial charge is 0.324 e. The topological polar surface area (TPSA) is 38.9 Å². The van der Waals surface area contributed by atoms with Gasteiger partial charge in [-0.05, 0) is 24.5 Å². The van der Waals surface area contributed by atoms with Gasteiger partial charge in [-0.25, -0.2) is 0 Å². The van der Waals surface area contributed by atoms with Crippen LogP contribution in [0.5, 0.6) is 0 Å². The van der Waals surface area contributed by atoms with Gasteiger partial charge in [0.2, 0.25) is 0 Å². The van der Waals surface area contributed by atoms with Crippen LogP contribution in [0.1, 0.15) is 29.3 Å². The van der Waals surface area contributed by atoms with Gasteiger partial charge in [0.15, 0.2) is 0 Å². The van der Waals surface area contributed by atoms with E-state index >= 15 is 0 Å². The van der Waals surface area contributed by atoms with Crippen molar-refractivity contribution in [2.24, 2.45) is 5.73 Å². The molecule has 1 atom stereocenters. The number of alkyl halides is 3. The number of nitrogens with two attached hydrogens (primary N) is 1. The van der Waals surface area contributed by atoms with Crippen molar-refractivity contribution in [3.63, 3.8) is 0 Å². The van der Waals surface area contributed by atoms with Crippen LogP contribution in [0.15, 0.2) is 12.3 Å². The lowest BCUT2D eigenvalue weighted by molar-refractivity contribution is -0.137. The van der Waals surface area contributed by atoms with Crippen molar-refractivity contribution in [3.05, 3.63) is 29.1 Å². The third kappa shape index (κ3) is 1.48. The van der Waals surface area contributed by atoms with Crippen molar-refractivity contribution in [3.8, 4) is 0 Å². The van der Waals surface area contributed by atoms with Crippen molar-refractivity contribution in [1.82, 2.24) is 4.98 Å². The third-order valence-electron chi connectivity index (χ3n) is 2.42. The van der Waals surface area contributed by atoms with Crippen molar-refractivity contribution in [2.75, 3.05) is 0 Å². The Labute approximate surface area is 78.9 Å². The lowest BCUT2D eigenvalue weighted by atomic mass is 10.1. The minimum Gasteiger partial charge on any atom is -0.324 e. The monoisotopic (exact) mass is 202 g/mol. The second kappa shape index (κ2) is 2.95. The molecule has 0 unspecified atom stereocenters. The molecule has 1 aliphatic rings. The van der Waals surface area contributed by atoms with Gasteiger partial charge in [0, 0.05) is 17.9 Å². The van der Waals surface area contributed by atoms with Crippen LogP contribution in [-0.2, 0) is 12.6 Å². The quantitative estimate of drug-likeness (QED) is 0.699. The number of aryl methyl sites for hydroxylation is 1. The molecule has 0 aliphatic heterocycles. The number of rotatable bonds is 0. The molecule has 0 fully saturated rings. The highest BCUT2D eigenvalue weighted by atomic mass is 19.4. The molecule has 1 aromatic heterocycles. The van der Waals surface area contributed by atoms with Crippen molar-refractivity contribution >= 4 is 0 Å². The van der Waals surface area contributed by atoms with E-state index in [2.05, 4.69) is 4.98 Å². The van der Waals surface area contributed by atoms with E-state index in [0.717, 1.165) is 12.3 Å². The van der Waals surface area contributed by atoms with Crippen LogP contribution in [-0.4, -0.2) is 4.98 Å². The summed E-state index contributed by atoms with van der Waals surface area (Å²) in [6.45, 7) is 0. The fourth-order valence-corrected chi connectivity index (χ4v) is 1.64. The number of pyridine rings is 1. The van der Waals surface area contributed by atoms with E-state index in [1.54, 1.807) is 0 Å². The van der Waals surface area contributed by atoms with E-state index in [1.165, 1.54) is 0 Å². The molecule has 0 bridgehead atoms. The summed E-state index contributed by atoms with van der Waals surface area (Å²) in [5.74, 6) is 0. The molecule has 76 valence electrons. The highest BCUT2D eigenvalue weighted by Gasteiger charge is 2.33. The molecule has 2 rings (SSSR count). The van der Waals surface area contributed by atoms with Crippen LogP contribution in [0.2, 0.25) is 0 Å². The molecule has 0 radical (unpaired) electrons. The van der Waals surface area contributed by atoms with Gasteiger partial charge < -0.3 is 5.73 Å². The fraction of sp³-hybridized carbons (Fsp3) is 0.444. The van der Waals surface area contributed by atoms with E-state index in [-0.39, 0.29) is 6.04 Å². The first kappa shape index (κ1) is 9.45. The largest absolute Gasteiger partial charge is 0.417 e. The van der Waals surface area contributed by atoms with E-state index in [0.29, 0.717) is 24.1 Å². The lowest BCUT2D eigenvalue weighted by Gasteiger charge is -2.09. The first-order chi connectivity index (χ1) is 6.48. The maximum atomic E-state index is 12.3. The summed E-state index contributed by atoms with van der Waals surface area (Å²) in [7, 11) is 0. The molecule has 2 N–H and O–H groups in total. The number of halogens is 3. The Bertz CT molecular complexity index is 360. The average molecular weight is 202 g/mol. The fourth-order valence-electron chi connectivity index (χ4n) is 1.64. The molecule has 0 saturated heterocycles. The van der Waals surface area contributed by atoms with Crippen LogP contribution in [0.4, 0.5) is 13.2 Å². The van der Waals surface area contributed by atoms with Gasteiger partial charge in [-0.1, -0.05) is 0 Å². The predicted molar refractivity (Wildman–Crippen MR) is 44.5 cm³/mol. The second-order valence-corrected chi connectivity index (χ2v) is 3.40. The molecule has 2 nitrogen and oxygen atoms in total. The summed E-state index contributed by atoms with van der Waals surface area (Å²) in [6, 6.07) is 0.819. The normalized spacial score (nSPS) is 21.0. The molecule has 14 heavy (non-hydrogen) atoms. The summed E-state index contributed by atoms with van der Waals surface area (Å²) >= 11 is 0. The van der Waals surface area contributed by atoms with Gasteiger partial charge in [-0.3, -0.25) is 4.98 Å². The van der Waals surface area contributed by atoms with E-state index in [4.69, 9.17) is 5.73 Å². The van der Waals surface area contributed by atoms with Gasteiger partial charge in [0.1, 0.15) is 0 Å². The summed E-state index contributed by atoms with van der Waals surface area (Å²) < 4.78 is 36.9. The summed E-state index contributed by atoms with van der Waals surface area (Å²) in [6.07, 6.45) is -2.10. The summed E-state index contributed by atoms with van der Waals surface area (Å²) in [5.41, 5.74) is 6.18. The summed E-state index contributed by atoms with van der Waals surface area (Å²) in [4.78, 5) is 3.78. The van der Waals surface area contributed by atoms with E-state index in [1.807, 2.05) is 0 Å². The van der Waals surface area contributed by atoms with Crippen molar-refractivity contribution in [2.45, 2.75) is 25.1 Å². The van der Waals surface area contributed by atoms with Gasteiger partial charge in [-0.2, -0.15) is 13.2 Å². The molecular weight excluding hydrogens is 193 g/mol. The molecular formula is C9H9F3N2. The molecule has 1 aliphatic carbocycles. The first-order valence-electron chi connectivity index (χ1n) is 4.30. The standard InChI is InChI=1S/C9H9F3N2/c10-9(11,12)5-3-6-7(13)1-2-8(6)14-4-5/h3-4,7H,1-2,13H2/t7-/m1/s1. The van der Waals surface area contributed by atoms with Gasteiger partial charge in [0.25, 0.3) is 0 Å². The zero-order valence-corrected chi connectivity index (χ0v) is 7.30. The van der Waals surface area contributed by atoms with Gasteiger partial charge in [-0.15, -0.1) is 0 Å². The van der Waals surface area contributed by atoms with Crippen molar-refractivity contribution in [1.29, 1.82) is 0 Å². The number of hydrogen-bond acceptors (Lipinski definition) is 2. The Hall–Kier alpha value is -1.10. The highest BCUT2D eigenvalue weighted by molar-refractivity contribution is 5.33. The lowest BCUT2D eigenvalue weighted by Crippen LogP contribution is -2.10. The summed E-state index contributed by atoms with van der Waals surface area (Å²) in [5, 5.41) is 0. The van der Waals surface area contributed by atoms with Crippen molar-refractivity contribution < 1.29 is 13.2 Å². The maximum absolute atomic E-state index is 12.3. The van der Waals surface area contributed by atoms with E-state index < -0.39 is 11.7 Å². The highest BCUT2D eigenvalue weighted by Crippen LogP contribution is 2.34. The Kier molecular flexibility index (Phi) is 1.99. The van der Waals surface area contributed by atoms with Crippen LogP contribution >= 0.6 is 0 Å². The average Bonchev–Trinajstić information content (AvgIpc) is 2.46. The number of aromatic nitrogens is 1. The zero-order valence-electron chi connectivity index (χ0n) is 7.30. The van der Waals surface area contributed by atoms with Gasteiger partial charge >= 0.3 is 6.18 Å². The van der Waals surface area contributed by atoms with Crippen LogP contribution < -0.4 is 5.73 Å².